The Morgan fingerprint density at radius 1 is 0.750 bits per heavy atom. The first-order valence-electron chi connectivity index (χ1n) is 9.48. The molecule has 178 valence electrons. The van der Waals surface area contributed by atoms with Crippen molar-refractivity contribution in [2.45, 2.75) is 48.1 Å². The lowest BCUT2D eigenvalue weighted by atomic mass is 10.0. The Kier molecular flexibility index (Phi) is 8.90. The molecule has 0 aliphatic carbocycles. The summed E-state index contributed by atoms with van der Waals surface area (Å²) in [5, 5.41) is 38.9. The second-order valence-electron chi connectivity index (χ2n) is 7.18. The molecule has 0 spiro atoms. The van der Waals surface area contributed by atoms with Crippen molar-refractivity contribution < 1.29 is 45.6 Å². The molecular formula is C20H26O10S2. The van der Waals surface area contributed by atoms with E-state index in [0.29, 0.717) is 0 Å². The molecule has 2 aromatic rings. The van der Waals surface area contributed by atoms with Crippen LogP contribution in [0.4, 0.5) is 0 Å². The molecule has 0 bridgehead atoms. The molecule has 32 heavy (non-hydrogen) atoms. The van der Waals surface area contributed by atoms with Crippen molar-refractivity contribution in [3.8, 4) is 0 Å². The summed E-state index contributed by atoms with van der Waals surface area (Å²) in [7, 11) is -8.88. The van der Waals surface area contributed by atoms with E-state index in [1.165, 1.54) is 48.5 Å². The van der Waals surface area contributed by atoms with Crippen LogP contribution in [0.15, 0.2) is 58.3 Å². The van der Waals surface area contributed by atoms with Gasteiger partial charge < -0.3 is 20.4 Å². The minimum atomic E-state index is -4.52. The Morgan fingerprint density at radius 2 is 1.19 bits per heavy atom. The molecular weight excluding hydrogens is 464 g/mol. The van der Waals surface area contributed by atoms with Crippen LogP contribution in [0.2, 0.25) is 0 Å². The molecule has 0 fully saturated rings. The first-order chi connectivity index (χ1) is 14.9. The molecule has 4 N–H and O–H groups in total. The maximum absolute atomic E-state index is 12.6. The second kappa shape index (κ2) is 10.8. The molecule has 0 amide bonds. The van der Waals surface area contributed by atoms with Gasteiger partial charge in [0.1, 0.15) is 24.4 Å². The number of hydrogen-bond acceptors (Lipinski definition) is 10. The van der Waals surface area contributed by atoms with Gasteiger partial charge in [0.25, 0.3) is 20.2 Å². The first-order valence-corrected chi connectivity index (χ1v) is 12.3. The minimum Gasteiger partial charge on any atom is -0.394 e. The molecule has 0 aromatic heterocycles. The smallest absolute Gasteiger partial charge is 0.297 e. The van der Waals surface area contributed by atoms with Crippen molar-refractivity contribution in [2.75, 3.05) is 13.2 Å². The summed E-state index contributed by atoms with van der Waals surface area (Å²) < 4.78 is 60.0. The molecule has 2 rings (SSSR count). The SMILES string of the molecule is Cc1ccc(S(=O)(=O)OC[C@H](OS(=O)(=O)c2ccc(C)cc2)[C@@H](O)[C@H](O)[C@H](O)CO)cc1. The average Bonchev–Trinajstić information content (AvgIpc) is 2.75. The third-order valence-corrected chi connectivity index (χ3v) is 7.22. The monoisotopic (exact) mass is 490 g/mol. The highest BCUT2D eigenvalue weighted by Gasteiger charge is 2.36. The van der Waals surface area contributed by atoms with Crippen molar-refractivity contribution in [2.24, 2.45) is 0 Å². The van der Waals surface area contributed by atoms with E-state index < -0.39 is 57.9 Å². The first kappa shape index (κ1) is 26.4. The van der Waals surface area contributed by atoms with Crippen LogP contribution in [0.25, 0.3) is 0 Å². The van der Waals surface area contributed by atoms with Gasteiger partial charge in [-0.3, -0.25) is 8.37 Å². The van der Waals surface area contributed by atoms with Crippen LogP contribution in [-0.4, -0.2) is 74.9 Å². The molecule has 0 unspecified atom stereocenters. The summed E-state index contributed by atoms with van der Waals surface area (Å²) >= 11 is 0. The van der Waals surface area contributed by atoms with E-state index in [1.807, 2.05) is 0 Å². The van der Waals surface area contributed by atoms with Crippen molar-refractivity contribution >= 4 is 20.2 Å². The fourth-order valence-electron chi connectivity index (χ4n) is 2.59. The Labute approximate surface area is 186 Å². The largest absolute Gasteiger partial charge is 0.394 e. The van der Waals surface area contributed by atoms with Gasteiger partial charge in [-0.2, -0.15) is 16.8 Å². The van der Waals surface area contributed by atoms with Crippen LogP contribution < -0.4 is 0 Å². The lowest BCUT2D eigenvalue weighted by Crippen LogP contribution is -2.49. The minimum absolute atomic E-state index is 0.214. The fraction of sp³-hybridized carbons (Fsp3) is 0.400. The molecule has 0 aliphatic rings. The number of benzene rings is 2. The molecule has 0 aliphatic heterocycles. The fourth-order valence-corrected chi connectivity index (χ4v) is 4.59. The Balaban J connectivity index is 2.29. The molecule has 0 radical (unpaired) electrons. The van der Waals surface area contributed by atoms with Crippen molar-refractivity contribution in [1.82, 2.24) is 0 Å². The van der Waals surface area contributed by atoms with E-state index in [9.17, 15) is 32.2 Å². The van der Waals surface area contributed by atoms with Gasteiger partial charge in [0.15, 0.2) is 0 Å². The van der Waals surface area contributed by atoms with Crippen molar-refractivity contribution in [1.29, 1.82) is 0 Å². The molecule has 0 saturated heterocycles. The van der Waals surface area contributed by atoms with Crippen LogP contribution in [0, 0.1) is 13.8 Å². The van der Waals surface area contributed by atoms with E-state index in [1.54, 1.807) is 13.8 Å². The van der Waals surface area contributed by atoms with Crippen LogP contribution in [-0.2, 0) is 28.6 Å². The zero-order chi connectivity index (χ0) is 24.1. The number of aliphatic hydroxyl groups is 4. The topological polar surface area (TPSA) is 168 Å². The van der Waals surface area contributed by atoms with Gasteiger partial charge in [0.05, 0.1) is 23.0 Å². The highest BCUT2D eigenvalue weighted by Crippen LogP contribution is 2.21. The van der Waals surface area contributed by atoms with E-state index in [0.717, 1.165) is 11.1 Å². The molecule has 10 nitrogen and oxygen atoms in total. The van der Waals surface area contributed by atoms with E-state index >= 15 is 0 Å². The lowest BCUT2D eigenvalue weighted by Gasteiger charge is -2.28. The maximum atomic E-state index is 12.6. The number of aliphatic hydroxyl groups excluding tert-OH is 4. The summed E-state index contributed by atoms with van der Waals surface area (Å²) in [6.45, 7) is 1.54. The molecule has 0 saturated carbocycles. The van der Waals surface area contributed by atoms with Gasteiger partial charge in [0.2, 0.25) is 0 Å². The summed E-state index contributed by atoms with van der Waals surface area (Å²) in [5.41, 5.74) is 1.57. The normalized spacial score (nSPS) is 16.3. The maximum Gasteiger partial charge on any atom is 0.297 e. The van der Waals surface area contributed by atoms with Gasteiger partial charge in [-0.05, 0) is 38.1 Å². The summed E-state index contributed by atoms with van der Waals surface area (Å²) in [6, 6.07) is 11.1. The zero-order valence-electron chi connectivity index (χ0n) is 17.4. The number of rotatable bonds is 11. The van der Waals surface area contributed by atoms with Gasteiger partial charge in [-0.1, -0.05) is 35.4 Å². The lowest BCUT2D eigenvalue weighted by molar-refractivity contribution is -0.114. The summed E-state index contributed by atoms with van der Waals surface area (Å²) in [4.78, 5) is -0.493. The zero-order valence-corrected chi connectivity index (χ0v) is 19.0. The Morgan fingerprint density at radius 3 is 1.62 bits per heavy atom. The quantitative estimate of drug-likeness (QED) is 0.311. The van der Waals surface area contributed by atoms with Gasteiger partial charge in [0, 0.05) is 0 Å². The van der Waals surface area contributed by atoms with Crippen LogP contribution >= 0.6 is 0 Å². The van der Waals surface area contributed by atoms with Crippen LogP contribution in [0.5, 0.6) is 0 Å². The average molecular weight is 491 g/mol. The third-order valence-electron chi connectivity index (χ3n) is 4.57. The summed E-state index contributed by atoms with van der Waals surface area (Å²) in [6.07, 6.45) is -7.95. The van der Waals surface area contributed by atoms with Crippen molar-refractivity contribution in [3.63, 3.8) is 0 Å². The number of hydrogen-bond donors (Lipinski definition) is 4. The van der Waals surface area contributed by atoms with E-state index in [-0.39, 0.29) is 9.79 Å². The Hall–Kier alpha value is -1.90. The highest BCUT2D eigenvalue weighted by atomic mass is 32.2. The highest BCUT2D eigenvalue weighted by molar-refractivity contribution is 7.87. The Bertz CT molecular complexity index is 1080. The van der Waals surface area contributed by atoms with Crippen molar-refractivity contribution in [3.05, 3.63) is 59.7 Å². The van der Waals surface area contributed by atoms with Crippen LogP contribution in [0.3, 0.4) is 0 Å². The molecule has 12 heteroatoms. The molecule has 0 heterocycles. The number of aryl methyl sites for hydroxylation is 2. The predicted molar refractivity (Wildman–Crippen MR) is 113 cm³/mol. The van der Waals surface area contributed by atoms with Gasteiger partial charge in [-0.25, -0.2) is 0 Å². The second-order valence-corrected chi connectivity index (χ2v) is 10.4. The third kappa shape index (κ3) is 6.80. The predicted octanol–water partition coefficient (Wildman–Crippen LogP) is -0.142. The molecule has 2 aromatic carbocycles. The molecule has 4 atom stereocenters. The van der Waals surface area contributed by atoms with Gasteiger partial charge >= 0.3 is 0 Å². The summed E-state index contributed by atoms with van der Waals surface area (Å²) in [5.74, 6) is 0. The van der Waals surface area contributed by atoms with Gasteiger partial charge in [-0.15, -0.1) is 0 Å². The standard InChI is InChI=1S/C20H26O10S2/c1-13-3-7-15(8-4-13)31(25,26)29-12-18(20(24)19(23)17(22)11-21)30-32(27,28)16-9-5-14(2)6-10-16/h3-10,17-24H,11-12H2,1-2H3/t17-,18+,19-,20-/m1/s1. The van der Waals surface area contributed by atoms with Crippen LogP contribution in [0.1, 0.15) is 11.1 Å². The van der Waals surface area contributed by atoms with E-state index in [4.69, 9.17) is 13.5 Å². The van der Waals surface area contributed by atoms with E-state index in [2.05, 4.69) is 0 Å².